The topological polar surface area (TPSA) is 87.9 Å². The van der Waals surface area contributed by atoms with Crippen LogP contribution >= 0.6 is 11.6 Å². The summed E-state index contributed by atoms with van der Waals surface area (Å²) in [6, 6.07) is 18.4. The van der Waals surface area contributed by atoms with E-state index in [4.69, 9.17) is 20.8 Å². The lowest BCUT2D eigenvalue weighted by Gasteiger charge is -2.19. The normalized spacial score (nSPS) is 15.5. The number of ether oxygens (including phenoxy) is 1. The Morgan fingerprint density at radius 2 is 1.94 bits per heavy atom. The van der Waals surface area contributed by atoms with E-state index in [1.807, 2.05) is 42.6 Å². The number of carbonyl (C=O) groups is 2. The first-order chi connectivity index (χ1) is 16.6. The van der Waals surface area contributed by atoms with Gasteiger partial charge in [-0.15, -0.1) is 0 Å². The van der Waals surface area contributed by atoms with Crippen molar-refractivity contribution in [3.8, 4) is 0 Å². The van der Waals surface area contributed by atoms with E-state index < -0.39 is 17.9 Å². The summed E-state index contributed by atoms with van der Waals surface area (Å²) in [5.74, 6) is -0.230. The van der Waals surface area contributed by atoms with E-state index in [-0.39, 0.29) is 13.0 Å². The van der Waals surface area contributed by atoms with Crippen LogP contribution in [-0.4, -0.2) is 34.2 Å². The van der Waals surface area contributed by atoms with Gasteiger partial charge in [0.2, 0.25) is 0 Å². The Bertz CT molecular complexity index is 1340. The maximum absolute atomic E-state index is 13.0. The lowest BCUT2D eigenvalue weighted by atomic mass is 10.0. The standard InChI is InChI=1S/C26H22ClN3O4/c27-19-10-7-17(8-11-19)22-14-23(24-6-3-13-33-24)30(29-22)25(31)16-34-26(32)12-9-18-15-28-21-5-2-1-4-20(18)21/h1-8,10-11,13,15,23,28H,9,12,14,16H2. The molecule has 3 heterocycles. The first-order valence-corrected chi connectivity index (χ1v) is 11.4. The number of aromatic amines is 1. The molecule has 5 rings (SSSR count). The molecule has 34 heavy (non-hydrogen) atoms. The van der Waals surface area contributed by atoms with Crippen LogP contribution in [-0.2, 0) is 20.7 Å². The summed E-state index contributed by atoms with van der Waals surface area (Å²) >= 11 is 6.00. The van der Waals surface area contributed by atoms with Crippen LogP contribution in [0.3, 0.4) is 0 Å². The van der Waals surface area contributed by atoms with Crippen LogP contribution in [0, 0.1) is 0 Å². The zero-order valence-corrected chi connectivity index (χ0v) is 19.0. The smallest absolute Gasteiger partial charge is 0.306 e. The first-order valence-electron chi connectivity index (χ1n) is 11.0. The Labute approximate surface area is 201 Å². The Balaban J connectivity index is 1.23. The minimum absolute atomic E-state index is 0.177. The molecule has 1 unspecified atom stereocenters. The van der Waals surface area contributed by atoms with E-state index in [0.29, 0.717) is 23.6 Å². The summed E-state index contributed by atoms with van der Waals surface area (Å²) in [5.41, 5.74) is 3.66. The number of esters is 1. The molecule has 172 valence electrons. The van der Waals surface area contributed by atoms with Crippen LogP contribution in [0.5, 0.6) is 0 Å². The largest absolute Gasteiger partial charge is 0.467 e. The van der Waals surface area contributed by atoms with Gasteiger partial charge >= 0.3 is 5.97 Å². The number of nitrogens with one attached hydrogen (secondary N) is 1. The third-order valence-electron chi connectivity index (χ3n) is 5.84. The summed E-state index contributed by atoms with van der Waals surface area (Å²) in [4.78, 5) is 28.5. The number of amides is 1. The molecular formula is C26H22ClN3O4. The molecule has 4 aromatic rings. The summed E-state index contributed by atoms with van der Waals surface area (Å²) in [5, 5.41) is 7.57. The number of benzene rings is 2. The number of hydrogen-bond acceptors (Lipinski definition) is 5. The highest BCUT2D eigenvalue weighted by atomic mass is 35.5. The monoisotopic (exact) mass is 475 g/mol. The van der Waals surface area contributed by atoms with Gasteiger partial charge in [0.15, 0.2) is 6.61 Å². The van der Waals surface area contributed by atoms with Crippen molar-refractivity contribution in [1.82, 2.24) is 9.99 Å². The number of para-hydroxylation sites is 1. The molecule has 1 N–H and O–H groups in total. The van der Waals surface area contributed by atoms with Gasteiger partial charge in [0, 0.05) is 35.0 Å². The van der Waals surface area contributed by atoms with Gasteiger partial charge in [0.05, 0.1) is 12.0 Å². The number of nitrogens with zero attached hydrogens (tertiary/aromatic N) is 2. The van der Waals surface area contributed by atoms with Gasteiger partial charge in [-0.05, 0) is 47.9 Å². The Kier molecular flexibility index (Phi) is 6.18. The Hall–Kier alpha value is -3.84. The van der Waals surface area contributed by atoms with E-state index in [2.05, 4.69) is 10.1 Å². The maximum atomic E-state index is 13.0. The highest BCUT2D eigenvalue weighted by Gasteiger charge is 2.35. The Morgan fingerprint density at radius 3 is 2.74 bits per heavy atom. The Morgan fingerprint density at radius 1 is 1.12 bits per heavy atom. The number of hydrogen-bond donors (Lipinski definition) is 1. The fourth-order valence-electron chi connectivity index (χ4n) is 4.12. The van der Waals surface area contributed by atoms with Gasteiger partial charge in [-0.25, -0.2) is 5.01 Å². The zero-order chi connectivity index (χ0) is 23.5. The van der Waals surface area contributed by atoms with Gasteiger partial charge < -0.3 is 14.1 Å². The molecule has 1 aliphatic rings. The average Bonchev–Trinajstić information content (AvgIpc) is 3.61. The second-order valence-electron chi connectivity index (χ2n) is 8.05. The molecule has 7 nitrogen and oxygen atoms in total. The average molecular weight is 476 g/mol. The predicted molar refractivity (Wildman–Crippen MR) is 128 cm³/mol. The second kappa shape index (κ2) is 9.57. The molecule has 0 radical (unpaired) electrons. The van der Waals surface area contributed by atoms with Crippen molar-refractivity contribution in [2.75, 3.05) is 6.61 Å². The molecule has 0 fully saturated rings. The van der Waals surface area contributed by atoms with Crippen LogP contribution < -0.4 is 0 Å². The zero-order valence-electron chi connectivity index (χ0n) is 18.2. The van der Waals surface area contributed by atoms with Crippen molar-refractivity contribution >= 4 is 40.1 Å². The van der Waals surface area contributed by atoms with E-state index >= 15 is 0 Å². The molecular weight excluding hydrogens is 454 g/mol. The predicted octanol–water partition coefficient (Wildman–Crippen LogP) is 5.27. The number of carbonyl (C=O) groups excluding carboxylic acids is 2. The van der Waals surface area contributed by atoms with E-state index in [9.17, 15) is 9.59 Å². The minimum atomic E-state index is -0.436. The van der Waals surface area contributed by atoms with Crippen molar-refractivity contribution in [2.24, 2.45) is 5.10 Å². The number of aryl methyl sites for hydroxylation is 1. The van der Waals surface area contributed by atoms with Crippen molar-refractivity contribution < 1.29 is 18.7 Å². The van der Waals surface area contributed by atoms with Gasteiger partial charge in [-0.2, -0.15) is 5.10 Å². The molecule has 1 atom stereocenters. The van der Waals surface area contributed by atoms with E-state index in [0.717, 1.165) is 27.7 Å². The van der Waals surface area contributed by atoms with Crippen LogP contribution in [0.4, 0.5) is 0 Å². The molecule has 0 spiro atoms. The quantitative estimate of drug-likeness (QED) is 0.369. The van der Waals surface area contributed by atoms with E-state index in [1.165, 1.54) is 5.01 Å². The van der Waals surface area contributed by atoms with Crippen LogP contribution in [0.15, 0.2) is 82.6 Å². The minimum Gasteiger partial charge on any atom is -0.467 e. The lowest BCUT2D eigenvalue weighted by molar-refractivity contribution is -0.152. The molecule has 2 aromatic carbocycles. The number of fused-ring (bicyclic) bond motifs is 1. The second-order valence-corrected chi connectivity index (χ2v) is 8.48. The van der Waals surface area contributed by atoms with Crippen molar-refractivity contribution in [1.29, 1.82) is 0 Å². The fourth-order valence-corrected chi connectivity index (χ4v) is 4.24. The van der Waals surface area contributed by atoms with Crippen molar-refractivity contribution in [3.63, 3.8) is 0 Å². The number of H-pyrrole nitrogens is 1. The third-order valence-corrected chi connectivity index (χ3v) is 6.10. The molecule has 0 aliphatic carbocycles. The number of halogens is 1. The summed E-state index contributed by atoms with van der Waals surface area (Å²) in [6.45, 7) is -0.388. The molecule has 1 amide bonds. The van der Waals surface area contributed by atoms with E-state index in [1.54, 1.807) is 30.5 Å². The van der Waals surface area contributed by atoms with Gasteiger partial charge in [-0.3, -0.25) is 9.59 Å². The summed E-state index contributed by atoms with van der Waals surface area (Å²) in [7, 11) is 0. The molecule has 1 aliphatic heterocycles. The molecule has 8 heteroatoms. The van der Waals surface area contributed by atoms with Crippen LogP contribution in [0.1, 0.15) is 35.8 Å². The van der Waals surface area contributed by atoms with Crippen LogP contribution in [0.2, 0.25) is 5.02 Å². The van der Waals surface area contributed by atoms with Crippen molar-refractivity contribution in [3.05, 3.63) is 95.0 Å². The lowest BCUT2D eigenvalue weighted by Crippen LogP contribution is -2.31. The SMILES string of the molecule is O=C(CCc1c[nH]c2ccccc12)OCC(=O)N1N=C(c2ccc(Cl)cc2)CC1c1ccco1. The first kappa shape index (κ1) is 22.0. The number of aromatic nitrogens is 1. The number of furan rings is 1. The molecule has 0 saturated carbocycles. The number of hydrazone groups is 1. The fraction of sp³-hybridized carbons (Fsp3) is 0.192. The van der Waals surface area contributed by atoms with Crippen LogP contribution in [0.25, 0.3) is 10.9 Å². The van der Waals surface area contributed by atoms with Gasteiger partial charge in [-0.1, -0.05) is 41.9 Å². The highest BCUT2D eigenvalue weighted by Crippen LogP contribution is 2.33. The van der Waals surface area contributed by atoms with Gasteiger partial charge in [0.1, 0.15) is 11.8 Å². The number of rotatable bonds is 7. The van der Waals surface area contributed by atoms with Crippen molar-refractivity contribution in [2.45, 2.75) is 25.3 Å². The maximum Gasteiger partial charge on any atom is 0.306 e. The highest BCUT2D eigenvalue weighted by molar-refractivity contribution is 6.30. The molecule has 2 aromatic heterocycles. The van der Waals surface area contributed by atoms with Gasteiger partial charge in [0.25, 0.3) is 5.91 Å². The summed E-state index contributed by atoms with van der Waals surface area (Å²) < 4.78 is 10.8. The molecule has 0 bridgehead atoms. The molecule has 0 saturated heterocycles. The summed E-state index contributed by atoms with van der Waals surface area (Å²) in [6.07, 6.45) is 4.64. The third kappa shape index (κ3) is 4.61.